The molecule has 1 N–H and O–H groups in total. The first-order valence-electron chi connectivity index (χ1n) is 8.17. The Balaban J connectivity index is 2.08. The lowest BCUT2D eigenvalue weighted by atomic mass is 10.00. The van der Waals surface area contributed by atoms with Gasteiger partial charge in [0.1, 0.15) is 0 Å². The minimum Gasteiger partial charge on any atom is -0.339 e. The number of aromatic amines is 1. The Hall–Kier alpha value is -2.10. The minimum atomic E-state index is 0.0104. The molecule has 1 unspecified atom stereocenters. The van der Waals surface area contributed by atoms with Crippen LogP contribution in [0.2, 0.25) is 0 Å². The van der Waals surface area contributed by atoms with Crippen molar-refractivity contribution in [3.63, 3.8) is 0 Å². The number of H-pyrrole nitrogens is 1. The summed E-state index contributed by atoms with van der Waals surface area (Å²) in [6, 6.07) is 8.35. The lowest BCUT2D eigenvalue weighted by Crippen LogP contribution is -2.31. The maximum absolute atomic E-state index is 12.6. The molecule has 0 aliphatic heterocycles. The molecule has 0 radical (unpaired) electrons. The summed E-state index contributed by atoms with van der Waals surface area (Å²) in [6.45, 7) is 10.4. The van der Waals surface area contributed by atoms with Crippen molar-refractivity contribution in [3.05, 3.63) is 52.3 Å². The molecule has 1 heterocycles. The molecule has 4 nitrogen and oxygen atoms in total. The van der Waals surface area contributed by atoms with Gasteiger partial charge in [0, 0.05) is 18.3 Å². The van der Waals surface area contributed by atoms with Gasteiger partial charge < -0.3 is 4.90 Å². The second-order valence-electron chi connectivity index (χ2n) is 6.60. The maximum atomic E-state index is 12.6. The van der Waals surface area contributed by atoms with Crippen LogP contribution in [-0.4, -0.2) is 28.1 Å². The summed E-state index contributed by atoms with van der Waals surface area (Å²) >= 11 is 0. The average Bonchev–Trinajstić information content (AvgIpc) is 2.85. The number of aryl methyl sites for hydroxylation is 2. The van der Waals surface area contributed by atoms with Crippen LogP contribution in [0.1, 0.15) is 60.8 Å². The second-order valence-corrected chi connectivity index (χ2v) is 6.60. The third kappa shape index (κ3) is 3.81. The van der Waals surface area contributed by atoms with Gasteiger partial charge in [0.25, 0.3) is 0 Å². The molecule has 2 rings (SSSR count). The third-order valence-electron chi connectivity index (χ3n) is 4.58. The number of likely N-dealkylation sites (N-methyl/N-ethyl adjacent to an activating group) is 1. The highest BCUT2D eigenvalue weighted by molar-refractivity contribution is 5.79. The van der Waals surface area contributed by atoms with Gasteiger partial charge in [0.15, 0.2) is 0 Å². The van der Waals surface area contributed by atoms with Crippen LogP contribution in [0.15, 0.2) is 24.3 Å². The number of carbonyl (C=O) groups excluding carboxylic acids is 1. The summed E-state index contributed by atoms with van der Waals surface area (Å²) < 4.78 is 0. The Morgan fingerprint density at radius 1 is 1.17 bits per heavy atom. The zero-order valence-corrected chi connectivity index (χ0v) is 15.0. The van der Waals surface area contributed by atoms with E-state index in [4.69, 9.17) is 0 Å². The van der Waals surface area contributed by atoms with Crippen LogP contribution in [0, 0.1) is 13.8 Å². The summed E-state index contributed by atoms with van der Waals surface area (Å²) in [5, 5.41) is 7.22. The first-order chi connectivity index (χ1) is 10.8. The van der Waals surface area contributed by atoms with Gasteiger partial charge in [-0.25, -0.2) is 0 Å². The smallest absolute Gasteiger partial charge is 0.227 e. The quantitative estimate of drug-likeness (QED) is 0.909. The molecule has 0 aliphatic rings. The lowest BCUT2D eigenvalue weighted by Gasteiger charge is -2.25. The molecule has 4 heteroatoms. The van der Waals surface area contributed by atoms with Gasteiger partial charge in [0.2, 0.25) is 5.91 Å². The van der Waals surface area contributed by atoms with Crippen LogP contribution < -0.4 is 0 Å². The molecule has 2 aromatic rings. The Labute approximate surface area is 138 Å². The predicted octanol–water partition coefficient (Wildman–Crippen LogP) is 3.91. The van der Waals surface area contributed by atoms with E-state index in [1.165, 1.54) is 5.56 Å². The first-order valence-corrected chi connectivity index (χ1v) is 8.17. The van der Waals surface area contributed by atoms with Gasteiger partial charge in [-0.1, -0.05) is 38.1 Å². The minimum absolute atomic E-state index is 0.0104. The van der Waals surface area contributed by atoms with Crippen molar-refractivity contribution >= 4 is 5.91 Å². The molecule has 124 valence electrons. The fourth-order valence-corrected chi connectivity index (χ4v) is 2.90. The first kappa shape index (κ1) is 17.3. The van der Waals surface area contributed by atoms with Gasteiger partial charge in [-0.2, -0.15) is 5.10 Å². The zero-order valence-electron chi connectivity index (χ0n) is 15.0. The number of rotatable bonds is 5. The molecule has 0 aliphatic carbocycles. The molecule has 1 aromatic heterocycles. The number of nitrogens with one attached hydrogen (secondary N) is 1. The van der Waals surface area contributed by atoms with Crippen LogP contribution in [-0.2, 0) is 11.2 Å². The number of aromatic nitrogens is 2. The number of carbonyl (C=O) groups is 1. The fraction of sp³-hybridized carbons (Fsp3) is 0.474. The van der Waals surface area contributed by atoms with Crippen LogP contribution in [0.25, 0.3) is 0 Å². The lowest BCUT2D eigenvalue weighted by molar-refractivity contribution is -0.131. The number of nitrogens with zero attached hydrogens (tertiary/aromatic N) is 2. The molecule has 0 spiro atoms. The van der Waals surface area contributed by atoms with E-state index in [0.29, 0.717) is 12.3 Å². The molecular weight excluding hydrogens is 286 g/mol. The van der Waals surface area contributed by atoms with Crippen LogP contribution in [0.5, 0.6) is 0 Å². The Bertz CT molecular complexity index is 651. The van der Waals surface area contributed by atoms with Gasteiger partial charge in [0.05, 0.1) is 18.2 Å². The molecular formula is C19H27N3O. The monoisotopic (exact) mass is 313 g/mol. The highest BCUT2D eigenvalue weighted by Gasteiger charge is 2.22. The summed E-state index contributed by atoms with van der Waals surface area (Å²) in [5.74, 6) is 0.629. The van der Waals surface area contributed by atoms with E-state index >= 15 is 0 Å². The number of benzene rings is 1. The number of amides is 1. The van der Waals surface area contributed by atoms with Crippen LogP contribution in [0.3, 0.4) is 0 Å². The number of hydrogen-bond acceptors (Lipinski definition) is 2. The molecule has 1 atom stereocenters. The average molecular weight is 313 g/mol. The van der Waals surface area contributed by atoms with E-state index in [9.17, 15) is 4.79 Å². The van der Waals surface area contributed by atoms with Crippen molar-refractivity contribution in [3.8, 4) is 0 Å². The van der Waals surface area contributed by atoms with E-state index in [0.717, 1.165) is 22.5 Å². The van der Waals surface area contributed by atoms with Crippen molar-refractivity contribution in [1.29, 1.82) is 0 Å². The van der Waals surface area contributed by atoms with Crippen molar-refractivity contribution in [2.24, 2.45) is 0 Å². The molecule has 0 bridgehead atoms. The standard InChI is InChI=1S/C19H27N3O/c1-12(2)17-9-7-16(8-10-17)11-18(23)22(6)15(5)19-13(3)20-21-14(19)4/h7-10,12,15H,11H2,1-6H3,(H,20,21). The zero-order chi connectivity index (χ0) is 17.1. The predicted molar refractivity (Wildman–Crippen MR) is 93.5 cm³/mol. The molecule has 0 fully saturated rings. The van der Waals surface area contributed by atoms with Crippen molar-refractivity contribution < 1.29 is 4.79 Å². The van der Waals surface area contributed by atoms with E-state index in [1.807, 2.05) is 27.8 Å². The van der Waals surface area contributed by atoms with E-state index in [1.54, 1.807) is 4.90 Å². The largest absolute Gasteiger partial charge is 0.339 e. The number of hydrogen-bond donors (Lipinski definition) is 1. The fourth-order valence-electron chi connectivity index (χ4n) is 2.90. The van der Waals surface area contributed by atoms with Crippen molar-refractivity contribution in [2.45, 2.75) is 53.0 Å². The Morgan fingerprint density at radius 3 is 2.26 bits per heavy atom. The summed E-state index contributed by atoms with van der Waals surface area (Å²) in [5.41, 5.74) is 5.44. The van der Waals surface area contributed by atoms with Crippen LogP contribution in [0.4, 0.5) is 0 Å². The molecule has 1 amide bonds. The van der Waals surface area contributed by atoms with Crippen LogP contribution >= 0.6 is 0 Å². The normalized spacial score (nSPS) is 12.5. The van der Waals surface area contributed by atoms with Crippen molar-refractivity contribution in [1.82, 2.24) is 15.1 Å². The Kier molecular flexibility index (Phi) is 5.24. The van der Waals surface area contributed by atoms with Gasteiger partial charge in [-0.15, -0.1) is 0 Å². The SMILES string of the molecule is Cc1n[nH]c(C)c1C(C)N(C)C(=O)Cc1ccc(C(C)C)cc1. The topological polar surface area (TPSA) is 49.0 Å². The molecule has 0 saturated carbocycles. The maximum Gasteiger partial charge on any atom is 0.227 e. The van der Waals surface area contributed by atoms with Gasteiger partial charge in [-0.3, -0.25) is 9.89 Å². The summed E-state index contributed by atoms with van der Waals surface area (Å²) in [6.07, 6.45) is 0.426. The molecule has 0 saturated heterocycles. The van der Waals surface area contributed by atoms with Crippen molar-refractivity contribution in [2.75, 3.05) is 7.05 Å². The summed E-state index contributed by atoms with van der Waals surface area (Å²) in [7, 11) is 1.86. The van der Waals surface area contributed by atoms with Gasteiger partial charge >= 0.3 is 0 Å². The van der Waals surface area contributed by atoms with E-state index in [-0.39, 0.29) is 11.9 Å². The third-order valence-corrected chi connectivity index (χ3v) is 4.58. The van der Waals surface area contributed by atoms with E-state index in [2.05, 4.69) is 48.3 Å². The second kappa shape index (κ2) is 6.99. The molecule has 1 aromatic carbocycles. The van der Waals surface area contributed by atoms with E-state index < -0.39 is 0 Å². The Morgan fingerprint density at radius 2 is 1.78 bits per heavy atom. The highest BCUT2D eigenvalue weighted by Crippen LogP contribution is 2.24. The molecule has 23 heavy (non-hydrogen) atoms. The summed E-state index contributed by atoms with van der Waals surface area (Å²) in [4.78, 5) is 14.4. The highest BCUT2D eigenvalue weighted by atomic mass is 16.2. The van der Waals surface area contributed by atoms with Gasteiger partial charge in [-0.05, 0) is 37.8 Å².